The number of nitrogens with zero attached hydrogens (tertiary/aromatic N) is 1. The zero-order valence-corrected chi connectivity index (χ0v) is 35.6. The van der Waals surface area contributed by atoms with Gasteiger partial charge in [0, 0.05) is 22.3 Å². The molecule has 0 atom stereocenters. The summed E-state index contributed by atoms with van der Waals surface area (Å²) in [6, 6.07) is 91.8. The van der Waals surface area contributed by atoms with Crippen LogP contribution in [0.4, 0.5) is 17.1 Å². The van der Waals surface area contributed by atoms with Crippen LogP contribution in [0.25, 0.3) is 109 Å². The zero-order valence-electron chi connectivity index (χ0n) is 35.6. The molecule has 1 nitrogen and oxygen atoms in total. The quantitative estimate of drug-likeness (QED) is 0.151. The van der Waals surface area contributed by atoms with E-state index in [9.17, 15) is 0 Å². The van der Waals surface area contributed by atoms with Crippen LogP contribution in [0.5, 0.6) is 0 Å². The molecule has 0 bridgehead atoms. The van der Waals surface area contributed by atoms with Gasteiger partial charge in [-0.05, 0) is 134 Å². The van der Waals surface area contributed by atoms with Gasteiger partial charge < -0.3 is 4.90 Å². The Morgan fingerprint density at radius 2 is 0.615 bits per heavy atom. The third-order valence-corrected chi connectivity index (χ3v) is 13.6. The molecule has 0 heterocycles. The molecule has 65 heavy (non-hydrogen) atoms. The number of hydrogen-bond donors (Lipinski definition) is 0. The highest BCUT2D eigenvalue weighted by Gasteiger charge is 2.25. The highest BCUT2D eigenvalue weighted by Crippen LogP contribution is 2.51. The van der Waals surface area contributed by atoms with Crippen LogP contribution in [0.3, 0.4) is 0 Å². The summed E-state index contributed by atoms with van der Waals surface area (Å²) in [5.74, 6) is 0. The highest BCUT2D eigenvalue weighted by molar-refractivity contribution is 6.26. The smallest absolute Gasteiger partial charge is 0.0625 e. The normalized spacial score (nSPS) is 11.7. The molecule has 1 heteroatoms. The van der Waals surface area contributed by atoms with Gasteiger partial charge in [-0.15, -0.1) is 0 Å². The molecule has 0 spiro atoms. The van der Waals surface area contributed by atoms with Crippen molar-refractivity contribution in [3.8, 4) is 33.4 Å². The van der Waals surface area contributed by atoms with E-state index in [1.165, 1.54) is 109 Å². The molecule has 0 aromatic heterocycles. The van der Waals surface area contributed by atoms with Crippen LogP contribution >= 0.6 is 0 Å². The molecule has 0 aliphatic rings. The Bertz CT molecular complexity index is 3950. The second kappa shape index (κ2) is 15.1. The molecule has 0 amide bonds. The second-order valence-corrected chi connectivity index (χ2v) is 17.2. The molecule has 13 aromatic carbocycles. The number of anilines is 3. The van der Waals surface area contributed by atoms with Crippen molar-refractivity contribution < 1.29 is 0 Å². The number of benzene rings is 13. The van der Waals surface area contributed by atoms with Gasteiger partial charge in [0.15, 0.2) is 0 Å². The molecule has 0 N–H and O–H groups in total. The molecule has 0 saturated heterocycles. The lowest BCUT2D eigenvalue weighted by Gasteiger charge is -2.31. The topological polar surface area (TPSA) is 3.24 Å². The Morgan fingerprint density at radius 1 is 0.215 bits per heavy atom. The third kappa shape index (κ3) is 6.09. The standard InChI is InChI=1S/C64H41N/c1-2-16-46-40-47(29-28-42(46)14-1)43-30-35-49(36-31-43)65(50-37-32-44(33-38-50)48-34-39-58-54-21-6-5-19-52(54)53-20-7-8-24-57(53)62(58)41-48)64-61-26-12-10-23-56(61)55-22-9-11-25-60(55)63(64)59-27-13-17-45-15-3-4-18-51(45)59/h1-41H. The van der Waals surface area contributed by atoms with Gasteiger partial charge in [-0.2, -0.15) is 0 Å². The van der Waals surface area contributed by atoms with Gasteiger partial charge in [-0.3, -0.25) is 0 Å². The van der Waals surface area contributed by atoms with Crippen LogP contribution in [-0.4, -0.2) is 0 Å². The average Bonchev–Trinajstić information content (AvgIpc) is 3.39. The average molecular weight is 824 g/mol. The van der Waals surface area contributed by atoms with Crippen LogP contribution in [0.15, 0.2) is 249 Å². The van der Waals surface area contributed by atoms with Gasteiger partial charge in [0.2, 0.25) is 0 Å². The molecular weight excluding hydrogens is 783 g/mol. The molecule has 302 valence electrons. The Hall–Kier alpha value is -8.52. The van der Waals surface area contributed by atoms with E-state index >= 15 is 0 Å². The van der Waals surface area contributed by atoms with Gasteiger partial charge in [0.25, 0.3) is 0 Å². The van der Waals surface area contributed by atoms with Crippen molar-refractivity contribution in [1.29, 1.82) is 0 Å². The predicted octanol–water partition coefficient (Wildman–Crippen LogP) is 18.2. The van der Waals surface area contributed by atoms with E-state index in [1.54, 1.807) is 0 Å². The number of fused-ring (bicyclic) bond motifs is 11. The van der Waals surface area contributed by atoms with Crippen LogP contribution < -0.4 is 4.90 Å². The first kappa shape index (κ1) is 37.1. The largest absolute Gasteiger partial charge is 0.309 e. The van der Waals surface area contributed by atoms with Crippen molar-refractivity contribution in [2.75, 3.05) is 4.90 Å². The van der Waals surface area contributed by atoms with Gasteiger partial charge in [-0.1, -0.05) is 212 Å². The minimum atomic E-state index is 1.09. The molecule has 0 saturated carbocycles. The third-order valence-electron chi connectivity index (χ3n) is 13.6. The van der Waals surface area contributed by atoms with Crippen molar-refractivity contribution in [2.24, 2.45) is 0 Å². The predicted molar refractivity (Wildman–Crippen MR) is 280 cm³/mol. The summed E-state index contributed by atoms with van der Waals surface area (Å²) in [7, 11) is 0. The first-order valence-electron chi connectivity index (χ1n) is 22.5. The molecule has 0 fully saturated rings. The van der Waals surface area contributed by atoms with E-state index in [0.717, 1.165) is 17.1 Å². The molecule has 13 aromatic rings. The van der Waals surface area contributed by atoms with E-state index in [0.29, 0.717) is 0 Å². The fraction of sp³-hybridized carbons (Fsp3) is 0. The summed E-state index contributed by atoms with van der Waals surface area (Å²) in [4.78, 5) is 2.50. The van der Waals surface area contributed by atoms with Crippen LogP contribution in [0.1, 0.15) is 0 Å². The van der Waals surface area contributed by atoms with E-state index < -0.39 is 0 Å². The Labute approximate surface area is 377 Å². The van der Waals surface area contributed by atoms with Crippen LogP contribution in [-0.2, 0) is 0 Å². The van der Waals surface area contributed by atoms with Gasteiger partial charge in [0.05, 0.1) is 5.69 Å². The highest BCUT2D eigenvalue weighted by atomic mass is 15.1. The summed E-state index contributed by atoms with van der Waals surface area (Å²) in [5, 5.41) is 17.5. The zero-order chi connectivity index (χ0) is 42.8. The lowest BCUT2D eigenvalue weighted by Crippen LogP contribution is -2.12. The molecular formula is C64H41N. The van der Waals surface area contributed by atoms with Gasteiger partial charge in [-0.25, -0.2) is 0 Å². The van der Waals surface area contributed by atoms with Crippen molar-refractivity contribution in [1.82, 2.24) is 0 Å². The maximum absolute atomic E-state index is 2.50. The SMILES string of the molecule is c1ccc2cc(-c3ccc(N(c4ccc(-c5ccc6c7ccccc7c7ccccc7c6c5)cc4)c4c(-c5cccc6ccccc56)c5ccccc5c5ccccc45)cc3)ccc2c1. The molecule has 0 radical (unpaired) electrons. The van der Waals surface area contributed by atoms with Crippen molar-refractivity contribution >= 4 is 92.5 Å². The van der Waals surface area contributed by atoms with Crippen LogP contribution in [0.2, 0.25) is 0 Å². The fourth-order valence-corrected chi connectivity index (χ4v) is 10.5. The molecule has 0 unspecified atom stereocenters. The summed E-state index contributed by atoms with van der Waals surface area (Å²) >= 11 is 0. The summed E-state index contributed by atoms with van der Waals surface area (Å²) in [6.45, 7) is 0. The lowest BCUT2D eigenvalue weighted by atomic mass is 9.88. The summed E-state index contributed by atoms with van der Waals surface area (Å²) in [6.07, 6.45) is 0. The summed E-state index contributed by atoms with van der Waals surface area (Å²) in [5.41, 5.74) is 10.5. The van der Waals surface area contributed by atoms with Crippen LogP contribution in [0, 0.1) is 0 Å². The Morgan fingerprint density at radius 3 is 1.23 bits per heavy atom. The van der Waals surface area contributed by atoms with Gasteiger partial charge in [0.1, 0.15) is 0 Å². The Balaban J connectivity index is 1.04. The fourth-order valence-electron chi connectivity index (χ4n) is 10.5. The Kier molecular flexibility index (Phi) is 8.60. The van der Waals surface area contributed by atoms with Crippen molar-refractivity contribution in [3.05, 3.63) is 249 Å². The molecule has 0 aliphatic carbocycles. The number of rotatable bonds is 6. The minimum absolute atomic E-state index is 1.09. The van der Waals surface area contributed by atoms with E-state index in [2.05, 4.69) is 254 Å². The lowest BCUT2D eigenvalue weighted by molar-refractivity contribution is 1.30. The van der Waals surface area contributed by atoms with E-state index in [-0.39, 0.29) is 0 Å². The maximum atomic E-state index is 2.50. The minimum Gasteiger partial charge on any atom is -0.309 e. The maximum Gasteiger partial charge on any atom is 0.0625 e. The van der Waals surface area contributed by atoms with Crippen molar-refractivity contribution in [2.45, 2.75) is 0 Å². The number of hydrogen-bond acceptors (Lipinski definition) is 1. The van der Waals surface area contributed by atoms with Gasteiger partial charge >= 0.3 is 0 Å². The first-order valence-corrected chi connectivity index (χ1v) is 22.5. The molecule has 0 aliphatic heterocycles. The van der Waals surface area contributed by atoms with Crippen molar-refractivity contribution in [3.63, 3.8) is 0 Å². The molecule has 13 rings (SSSR count). The van der Waals surface area contributed by atoms with E-state index in [1.807, 2.05) is 0 Å². The van der Waals surface area contributed by atoms with E-state index in [4.69, 9.17) is 0 Å². The first-order chi connectivity index (χ1) is 32.2. The monoisotopic (exact) mass is 823 g/mol. The second-order valence-electron chi connectivity index (χ2n) is 17.2. The summed E-state index contributed by atoms with van der Waals surface area (Å²) < 4.78 is 0.